The summed E-state index contributed by atoms with van der Waals surface area (Å²) in [4.78, 5) is 15.7. The van der Waals surface area contributed by atoms with Gasteiger partial charge in [0.1, 0.15) is 5.78 Å². The summed E-state index contributed by atoms with van der Waals surface area (Å²) in [5.74, 6) is 0.862. The first-order valence-corrected chi connectivity index (χ1v) is 4.97. The van der Waals surface area contributed by atoms with Crippen LogP contribution in [-0.2, 0) is 11.2 Å². The molecule has 2 rings (SSSR count). The Balaban J connectivity index is 1.82. The van der Waals surface area contributed by atoms with E-state index in [0.29, 0.717) is 24.5 Å². The van der Waals surface area contributed by atoms with Gasteiger partial charge in [-0.1, -0.05) is 6.07 Å². The van der Waals surface area contributed by atoms with Crippen molar-refractivity contribution >= 4 is 5.78 Å². The number of hydrogen-bond donors (Lipinski definition) is 1. The predicted octanol–water partition coefficient (Wildman–Crippen LogP) is 0.803. The van der Waals surface area contributed by atoms with Crippen LogP contribution in [0.2, 0.25) is 0 Å². The van der Waals surface area contributed by atoms with E-state index in [2.05, 4.69) is 10.3 Å². The van der Waals surface area contributed by atoms with Crippen molar-refractivity contribution in [1.82, 2.24) is 10.3 Å². The Bertz CT molecular complexity index is 306. The van der Waals surface area contributed by atoms with Gasteiger partial charge in [0.25, 0.3) is 0 Å². The number of Topliss-reactive ketones (excluding diaryl/α,β-unsaturated/α-hetero) is 1. The van der Waals surface area contributed by atoms with Crippen LogP contribution in [0.1, 0.15) is 12.1 Å². The Hall–Kier alpha value is -1.22. The van der Waals surface area contributed by atoms with Gasteiger partial charge in [-0.3, -0.25) is 9.78 Å². The Morgan fingerprint density at radius 2 is 2.36 bits per heavy atom. The van der Waals surface area contributed by atoms with Crippen LogP contribution in [0.5, 0.6) is 0 Å². The highest BCUT2D eigenvalue weighted by atomic mass is 16.1. The van der Waals surface area contributed by atoms with Crippen LogP contribution < -0.4 is 5.32 Å². The summed E-state index contributed by atoms with van der Waals surface area (Å²) in [5, 5.41) is 3.16. The van der Waals surface area contributed by atoms with Gasteiger partial charge in [-0.25, -0.2) is 0 Å². The zero-order valence-electron chi connectivity index (χ0n) is 8.07. The van der Waals surface area contributed by atoms with Crippen molar-refractivity contribution in [2.45, 2.75) is 12.8 Å². The number of rotatable bonds is 4. The second-order valence-electron chi connectivity index (χ2n) is 3.76. The summed E-state index contributed by atoms with van der Waals surface area (Å²) < 4.78 is 0. The minimum atomic E-state index is 0.301. The molecular formula is C11H14N2O. The highest BCUT2D eigenvalue weighted by Crippen LogP contribution is 2.10. The minimum Gasteiger partial charge on any atom is -0.316 e. The number of aromatic nitrogens is 1. The maximum atomic E-state index is 11.5. The molecule has 2 heterocycles. The number of nitrogens with one attached hydrogen (secondary N) is 1. The lowest BCUT2D eigenvalue weighted by Crippen LogP contribution is -2.43. The minimum absolute atomic E-state index is 0.301. The maximum Gasteiger partial charge on any atom is 0.139 e. The molecule has 1 fully saturated rings. The van der Waals surface area contributed by atoms with E-state index in [1.165, 1.54) is 0 Å². The highest BCUT2D eigenvalue weighted by Gasteiger charge is 2.19. The second kappa shape index (κ2) is 4.33. The quantitative estimate of drug-likeness (QED) is 0.763. The lowest BCUT2D eigenvalue weighted by Gasteiger charge is -2.26. The molecule has 3 nitrogen and oxygen atoms in total. The fraction of sp³-hybridized carbons (Fsp3) is 0.455. The van der Waals surface area contributed by atoms with E-state index in [9.17, 15) is 4.79 Å². The zero-order valence-corrected chi connectivity index (χ0v) is 8.07. The van der Waals surface area contributed by atoms with Gasteiger partial charge in [-0.2, -0.15) is 0 Å². The molecule has 1 aliphatic heterocycles. The SMILES string of the molecule is O=C(Cc1ccccn1)CC1CNC1. The molecule has 0 amide bonds. The third kappa shape index (κ3) is 2.39. The van der Waals surface area contributed by atoms with Crippen molar-refractivity contribution in [3.63, 3.8) is 0 Å². The third-order valence-corrected chi connectivity index (χ3v) is 2.49. The molecular weight excluding hydrogens is 176 g/mol. The molecule has 0 bridgehead atoms. The van der Waals surface area contributed by atoms with Crippen molar-refractivity contribution in [1.29, 1.82) is 0 Å². The van der Waals surface area contributed by atoms with Crippen molar-refractivity contribution in [3.8, 4) is 0 Å². The molecule has 0 aliphatic carbocycles. The zero-order chi connectivity index (χ0) is 9.80. The fourth-order valence-corrected chi connectivity index (χ4v) is 1.59. The molecule has 1 aromatic rings. The molecule has 1 N–H and O–H groups in total. The largest absolute Gasteiger partial charge is 0.316 e. The summed E-state index contributed by atoms with van der Waals surface area (Å²) in [5.41, 5.74) is 0.879. The van der Waals surface area contributed by atoms with E-state index in [0.717, 1.165) is 18.8 Å². The van der Waals surface area contributed by atoms with Crippen LogP contribution in [0.15, 0.2) is 24.4 Å². The van der Waals surface area contributed by atoms with Gasteiger partial charge < -0.3 is 5.32 Å². The van der Waals surface area contributed by atoms with E-state index in [1.54, 1.807) is 6.20 Å². The average molecular weight is 190 g/mol. The molecule has 74 valence electrons. The molecule has 0 aromatic carbocycles. The summed E-state index contributed by atoms with van der Waals surface area (Å²) in [6.07, 6.45) is 2.91. The second-order valence-corrected chi connectivity index (χ2v) is 3.76. The number of pyridine rings is 1. The van der Waals surface area contributed by atoms with Crippen LogP contribution in [-0.4, -0.2) is 23.9 Å². The van der Waals surface area contributed by atoms with Gasteiger partial charge >= 0.3 is 0 Å². The molecule has 0 spiro atoms. The first kappa shape index (κ1) is 9.34. The average Bonchev–Trinajstić information content (AvgIpc) is 2.13. The molecule has 0 unspecified atom stereocenters. The summed E-state index contributed by atoms with van der Waals surface area (Å²) in [7, 11) is 0. The predicted molar refractivity (Wildman–Crippen MR) is 53.9 cm³/mol. The van der Waals surface area contributed by atoms with Crippen molar-refractivity contribution < 1.29 is 4.79 Å². The summed E-state index contributed by atoms with van der Waals surface area (Å²) in [6.45, 7) is 1.99. The van der Waals surface area contributed by atoms with Gasteiger partial charge in [0, 0.05) is 24.7 Å². The Kier molecular flexibility index (Phi) is 2.89. The highest BCUT2D eigenvalue weighted by molar-refractivity contribution is 5.80. The van der Waals surface area contributed by atoms with Gasteiger partial charge in [-0.15, -0.1) is 0 Å². The van der Waals surface area contributed by atoms with Crippen LogP contribution >= 0.6 is 0 Å². The normalized spacial score (nSPS) is 16.3. The molecule has 1 aromatic heterocycles. The Morgan fingerprint density at radius 3 is 2.93 bits per heavy atom. The van der Waals surface area contributed by atoms with Gasteiger partial charge in [0.05, 0.1) is 0 Å². The molecule has 3 heteroatoms. The summed E-state index contributed by atoms with van der Waals surface area (Å²) >= 11 is 0. The van der Waals surface area contributed by atoms with Gasteiger partial charge in [0.15, 0.2) is 0 Å². The molecule has 0 saturated carbocycles. The molecule has 0 atom stereocenters. The van der Waals surface area contributed by atoms with Crippen molar-refractivity contribution in [3.05, 3.63) is 30.1 Å². The van der Waals surface area contributed by atoms with Crippen LogP contribution in [0, 0.1) is 5.92 Å². The lowest BCUT2D eigenvalue weighted by atomic mass is 9.95. The molecule has 1 saturated heterocycles. The molecule has 0 radical (unpaired) electrons. The smallest absolute Gasteiger partial charge is 0.139 e. The van der Waals surface area contributed by atoms with E-state index >= 15 is 0 Å². The van der Waals surface area contributed by atoms with Gasteiger partial charge in [0.2, 0.25) is 0 Å². The third-order valence-electron chi connectivity index (χ3n) is 2.49. The van der Waals surface area contributed by atoms with E-state index in [1.807, 2.05) is 18.2 Å². The fourth-order valence-electron chi connectivity index (χ4n) is 1.59. The number of nitrogens with zero attached hydrogens (tertiary/aromatic N) is 1. The molecule has 1 aliphatic rings. The number of hydrogen-bond acceptors (Lipinski definition) is 3. The van der Waals surface area contributed by atoms with E-state index in [-0.39, 0.29) is 0 Å². The topological polar surface area (TPSA) is 42.0 Å². The van der Waals surface area contributed by atoms with Gasteiger partial charge in [-0.05, 0) is 31.1 Å². The number of carbonyl (C=O) groups excluding carboxylic acids is 1. The lowest BCUT2D eigenvalue weighted by molar-refractivity contribution is -0.119. The molecule has 14 heavy (non-hydrogen) atoms. The van der Waals surface area contributed by atoms with Crippen molar-refractivity contribution in [2.75, 3.05) is 13.1 Å². The van der Waals surface area contributed by atoms with Crippen LogP contribution in [0.4, 0.5) is 0 Å². The van der Waals surface area contributed by atoms with Crippen LogP contribution in [0.3, 0.4) is 0 Å². The number of ketones is 1. The Labute approximate surface area is 83.5 Å². The summed E-state index contributed by atoms with van der Waals surface area (Å²) in [6, 6.07) is 5.68. The van der Waals surface area contributed by atoms with Crippen molar-refractivity contribution in [2.24, 2.45) is 5.92 Å². The first-order valence-electron chi connectivity index (χ1n) is 4.97. The number of carbonyl (C=O) groups is 1. The van der Waals surface area contributed by atoms with Crippen LogP contribution in [0.25, 0.3) is 0 Å². The van der Waals surface area contributed by atoms with E-state index in [4.69, 9.17) is 0 Å². The monoisotopic (exact) mass is 190 g/mol. The standard InChI is InChI=1S/C11H14N2O/c14-11(5-9-7-12-8-9)6-10-3-1-2-4-13-10/h1-4,9,12H,5-8H2. The first-order chi connectivity index (χ1) is 6.84. The maximum absolute atomic E-state index is 11.5. The Morgan fingerprint density at radius 1 is 1.50 bits per heavy atom. The van der Waals surface area contributed by atoms with E-state index < -0.39 is 0 Å².